The quantitative estimate of drug-likeness (QED) is 0.445. The highest BCUT2D eigenvalue weighted by molar-refractivity contribution is 6.21. The molecule has 0 saturated carbocycles. The lowest BCUT2D eigenvalue weighted by molar-refractivity contribution is -0.131. The van der Waals surface area contributed by atoms with E-state index in [0.29, 0.717) is 17.8 Å². The fourth-order valence-corrected chi connectivity index (χ4v) is 2.77. The molecule has 4 N–H and O–H groups in total. The van der Waals surface area contributed by atoms with Crippen molar-refractivity contribution in [3.63, 3.8) is 0 Å². The van der Waals surface area contributed by atoms with Gasteiger partial charge in [-0.2, -0.15) is 0 Å². The Kier molecular flexibility index (Phi) is 1.79. The van der Waals surface area contributed by atoms with Crippen LogP contribution in [0.25, 0.3) is 0 Å². The van der Waals surface area contributed by atoms with E-state index >= 15 is 0 Å². The number of carbonyl (C=O) groups is 2. The van der Waals surface area contributed by atoms with Crippen molar-refractivity contribution in [1.82, 2.24) is 5.32 Å². The first kappa shape index (κ1) is 10.1. The van der Waals surface area contributed by atoms with Crippen molar-refractivity contribution in [1.29, 1.82) is 0 Å². The summed E-state index contributed by atoms with van der Waals surface area (Å²) in [6, 6.07) is 5.19. The van der Waals surface area contributed by atoms with E-state index in [1.807, 2.05) is 6.92 Å². The SMILES string of the molecule is C[C@@H]1C[C@@]2(C(=O)Nc3cc(N)ccc32)C(=O)N1. The minimum atomic E-state index is -1.05. The Bertz CT molecular complexity index is 541. The van der Waals surface area contributed by atoms with Gasteiger partial charge >= 0.3 is 0 Å². The second-order valence-corrected chi connectivity index (χ2v) is 4.74. The van der Waals surface area contributed by atoms with Gasteiger partial charge in [-0.05, 0) is 25.5 Å². The van der Waals surface area contributed by atoms with Crippen LogP contribution < -0.4 is 16.4 Å². The van der Waals surface area contributed by atoms with Gasteiger partial charge in [0, 0.05) is 23.0 Å². The first-order valence-electron chi connectivity index (χ1n) is 5.56. The topological polar surface area (TPSA) is 84.2 Å². The molecule has 2 atom stereocenters. The fourth-order valence-electron chi connectivity index (χ4n) is 2.77. The molecule has 1 aromatic carbocycles. The third-order valence-corrected chi connectivity index (χ3v) is 3.52. The van der Waals surface area contributed by atoms with Crippen molar-refractivity contribution in [2.24, 2.45) is 0 Å². The van der Waals surface area contributed by atoms with Gasteiger partial charge in [-0.15, -0.1) is 0 Å². The number of hydrogen-bond donors (Lipinski definition) is 3. The lowest BCUT2D eigenvalue weighted by atomic mass is 9.79. The van der Waals surface area contributed by atoms with Gasteiger partial charge in [-0.1, -0.05) is 6.07 Å². The number of rotatable bonds is 0. The van der Waals surface area contributed by atoms with Crippen molar-refractivity contribution in [2.75, 3.05) is 11.1 Å². The molecule has 5 heteroatoms. The average molecular weight is 231 g/mol. The van der Waals surface area contributed by atoms with Crippen LogP contribution in [0.3, 0.4) is 0 Å². The van der Waals surface area contributed by atoms with Gasteiger partial charge in [-0.25, -0.2) is 0 Å². The van der Waals surface area contributed by atoms with Crippen LogP contribution in [0.2, 0.25) is 0 Å². The lowest BCUT2D eigenvalue weighted by Gasteiger charge is -2.17. The standard InChI is InChI=1S/C12H13N3O2/c1-6-5-12(10(16)14-6)8-3-2-7(13)4-9(8)15-11(12)17/h2-4,6H,5,13H2,1H3,(H,14,16)(H,15,17)/t6-,12+/m1/s1. The molecule has 2 amide bonds. The van der Waals surface area contributed by atoms with Gasteiger partial charge in [0.15, 0.2) is 5.41 Å². The normalized spacial score (nSPS) is 30.3. The average Bonchev–Trinajstić information content (AvgIpc) is 2.68. The Labute approximate surface area is 98.4 Å². The zero-order valence-electron chi connectivity index (χ0n) is 9.41. The maximum atomic E-state index is 12.1. The third-order valence-electron chi connectivity index (χ3n) is 3.52. The minimum absolute atomic E-state index is 0.0109. The van der Waals surface area contributed by atoms with E-state index in [4.69, 9.17) is 5.73 Å². The molecule has 1 fully saturated rings. The molecule has 1 spiro atoms. The van der Waals surface area contributed by atoms with Crippen LogP contribution in [0.5, 0.6) is 0 Å². The first-order valence-corrected chi connectivity index (χ1v) is 5.56. The number of hydrogen-bond acceptors (Lipinski definition) is 3. The third kappa shape index (κ3) is 1.13. The Morgan fingerprint density at radius 1 is 1.35 bits per heavy atom. The van der Waals surface area contributed by atoms with E-state index in [9.17, 15) is 9.59 Å². The molecule has 0 radical (unpaired) electrons. The van der Waals surface area contributed by atoms with Crippen LogP contribution in [-0.2, 0) is 15.0 Å². The number of nitrogens with two attached hydrogens (primary N) is 1. The summed E-state index contributed by atoms with van der Waals surface area (Å²) in [4.78, 5) is 24.2. The fraction of sp³-hybridized carbons (Fsp3) is 0.333. The predicted octanol–water partition coefficient (Wildman–Crippen LogP) is 0.367. The van der Waals surface area contributed by atoms with Gasteiger partial charge < -0.3 is 16.4 Å². The summed E-state index contributed by atoms with van der Waals surface area (Å²) in [5.74, 6) is -0.467. The Morgan fingerprint density at radius 3 is 2.76 bits per heavy atom. The molecule has 0 aliphatic carbocycles. The zero-order chi connectivity index (χ0) is 12.2. The number of anilines is 2. The molecule has 3 rings (SSSR count). The molecule has 1 aromatic rings. The maximum absolute atomic E-state index is 12.1. The van der Waals surface area contributed by atoms with Crippen molar-refractivity contribution in [3.05, 3.63) is 23.8 Å². The molecule has 88 valence electrons. The highest BCUT2D eigenvalue weighted by Crippen LogP contribution is 2.44. The summed E-state index contributed by atoms with van der Waals surface area (Å²) in [6.45, 7) is 1.90. The number of nitrogen functional groups attached to an aromatic ring is 1. The predicted molar refractivity (Wildman–Crippen MR) is 63.4 cm³/mol. The monoisotopic (exact) mass is 231 g/mol. The number of nitrogens with one attached hydrogen (secondary N) is 2. The van der Waals surface area contributed by atoms with Crippen LogP contribution in [-0.4, -0.2) is 17.9 Å². The number of carbonyl (C=O) groups excluding carboxylic acids is 2. The van der Waals surface area contributed by atoms with E-state index in [-0.39, 0.29) is 17.9 Å². The van der Waals surface area contributed by atoms with Crippen LogP contribution in [0.15, 0.2) is 18.2 Å². The lowest BCUT2D eigenvalue weighted by Crippen LogP contribution is -2.41. The Morgan fingerprint density at radius 2 is 2.12 bits per heavy atom. The van der Waals surface area contributed by atoms with E-state index in [2.05, 4.69) is 10.6 Å². The second-order valence-electron chi connectivity index (χ2n) is 4.74. The molecule has 1 saturated heterocycles. The van der Waals surface area contributed by atoms with Gasteiger partial charge in [0.25, 0.3) is 0 Å². The number of benzene rings is 1. The molecular weight excluding hydrogens is 218 g/mol. The van der Waals surface area contributed by atoms with Gasteiger partial charge in [-0.3, -0.25) is 9.59 Å². The maximum Gasteiger partial charge on any atom is 0.244 e. The Balaban J connectivity index is 2.20. The summed E-state index contributed by atoms with van der Waals surface area (Å²) in [6.07, 6.45) is 0.495. The smallest absolute Gasteiger partial charge is 0.244 e. The van der Waals surface area contributed by atoms with Crippen molar-refractivity contribution in [2.45, 2.75) is 24.8 Å². The van der Waals surface area contributed by atoms with E-state index in [0.717, 1.165) is 5.56 Å². The summed E-state index contributed by atoms with van der Waals surface area (Å²) in [5, 5.41) is 5.55. The molecule has 2 heterocycles. The van der Waals surface area contributed by atoms with Crippen molar-refractivity contribution >= 4 is 23.2 Å². The van der Waals surface area contributed by atoms with E-state index in [1.165, 1.54) is 0 Å². The molecule has 0 bridgehead atoms. The largest absolute Gasteiger partial charge is 0.399 e. The zero-order valence-corrected chi connectivity index (χ0v) is 9.41. The molecule has 2 aliphatic heterocycles. The summed E-state index contributed by atoms with van der Waals surface area (Å²) >= 11 is 0. The van der Waals surface area contributed by atoms with Gasteiger partial charge in [0.1, 0.15) is 0 Å². The van der Waals surface area contributed by atoms with Crippen LogP contribution >= 0.6 is 0 Å². The van der Waals surface area contributed by atoms with Crippen molar-refractivity contribution < 1.29 is 9.59 Å². The summed E-state index contributed by atoms with van der Waals surface area (Å²) in [5.41, 5.74) is 6.58. The van der Waals surface area contributed by atoms with Crippen molar-refractivity contribution in [3.8, 4) is 0 Å². The van der Waals surface area contributed by atoms with Gasteiger partial charge in [0.05, 0.1) is 0 Å². The number of fused-ring (bicyclic) bond motifs is 2. The van der Waals surface area contributed by atoms with E-state index < -0.39 is 5.41 Å². The summed E-state index contributed by atoms with van der Waals surface area (Å²) in [7, 11) is 0. The first-order chi connectivity index (χ1) is 8.04. The highest BCUT2D eigenvalue weighted by atomic mass is 16.2. The second kappa shape index (κ2) is 3.00. The minimum Gasteiger partial charge on any atom is -0.399 e. The van der Waals surface area contributed by atoms with Crippen LogP contribution in [0.1, 0.15) is 18.9 Å². The highest BCUT2D eigenvalue weighted by Gasteiger charge is 2.57. The Hall–Kier alpha value is -2.04. The van der Waals surface area contributed by atoms with Crippen LogP contribution in [0, 0.1) is 0 Å². The van der Waals surface area contributed by atoms with E-state index in [1.54, 1.807) is 18.2 Å². The molecule has 0 aromatic heterocycles. The molecule has 2 aliphatic rings. The van der Waals surface area contributed by atoms with Crippen LogP contribution in [0.4, 0.5) is 11.4 Å². The molecule has 0 unspecified atom stereocenters. The molecule has 17 heavy (non-hydrogen) atoms. The number of amides is 2. The van der Waals surface area contributed by atoms with Gasteiger partial charge in [0.2, 0.25) is 11.8 Å². The molecule has 5 nitrogen and oxygen atoms in total. The summed E-state index contributed by atoms with van der Waals surface area (Å²) < 4.78 is 0. The molecular formula is C12H13N3O2.